The highest BCUT2D eigenvalue weighted by Gasteiger charge is 2.52. The monoisotopic (exact) mass is 438 g/mol. The van der Waals surface area contributed by atoms with Crippen LogP contribution in [0.3, 0.4) is 0 Å². The second kappa shape index (κ2) is 6.14. The van der Waals surface area contributed by atoms with Crippen LogP contribution >= 0.6 is 0 Å². The molecule has 0 unspecified atom stereocenters. The first-order chi connectivity index (χ1) is 15.5. The van der Waals surface area contributed by atoms with Crippen molar-refractivity contribution in [1.29, 1.82) is 0 Å². The van der Waals surface area contributed by atoms with Gasteiger partial charge in [-0.05, 0) is 67.1 Å². The molecule has 170 valence electrons. The molecule has 3 aromatic rings. The minimum atomic E-state index is -0.0883. The minimum Gasteiger partial charge on any atom is -0.496 e. The maximum Gasteiger partial charge on any atom is 0.123 e. The molecule has 3 nitrogen and oxygen atoms in total. The summed E-state index contributed by atoms with van der Waals surface area (Å²) in [5, 5.41) is 0. The van der Waals surface area contributed by atoms with Crippen molar-refractivity contribution in [1.82, 2.24) is 0 Å². The summed E-state index contributed by atoms with van der Waals surface area (Å²) in [6.07, 6.45) is 0.177. The standard InChI is InChI=1S/C30H34N2O/c1-16-10-11-20-25(17(16)2)31-19(4)32-26-18(3)24(33-9)15-14-21(26)30(7,8)23-13-12-22(29(20,5)6)27(31)28(23)32/h10-15,19H,1-9H3/t19-/m0/s1. The Balaban J connectivity index is 1.77. The lowest BCUT2D eigenvalue weighted by atomic mass is 9.69. The predicted molar refractivity (Wildman–Crippen MR) is 138 cm³/mol. The van der Waals surface area contributed by atoms with E-state index in [9.17, 15) is 0 Å². The number of rotatable bonds is 1. The van der Waals surface area contributed by atoms with Crippen LogP contribution in [0.5, 0.6) is 5.75 Å². The van der Waals surface area contributed by atoms with E-state index in [0.29, 0.717) is 0 Å². The Bertz CT molecular complexity index is 1360. The van der Waals surface area contributed by atoms with Crippen molar-refractivity contribution in [2.75, 3.05) is 16.9 Å². The van der Waals surface area contributed by atoms with E-state index in [0.717, 1.165) is 5.75 Å². The Kier molecular flexibility index (Phi) is 3.84. The Morgan fingerprint density at radius 1 is 0.636 bits per heavy atom. The summed E-state index contributed by atoms with van der Waals surface area (Å²) >= 11 is 0. The quantitative estimate of drug-likeness (QED) is 0.390. The highest BCUT2D eigenvalue weighted by Crippen LogP contribution is 2.65. The Hall–Kier alpha value is -2.94. The van der Waals surface area contributed by atoms with Gasteiger partial charge >= 0.3 is 0 Å². The van der Waals surface area contributed by atoms with Crippen LogP contribution in [0.1, 0.15) is 73.6 Å². The van der Waals surface area contributed by atoms with Crippen molar-refractivity contribution in [2.24, 2.45) is 0 Å². The molecule has 0 saturated carbocycles. The normalized spacial score (nSPS) is 20.3. The molecule has 0 saturated heterocycles. The van der Waals surface area contributed by atoms with Gasteiger partial charge in [0.15, 0.2) is 0 Å². The molecule has 0 fully saturated rings. The first-order valence-electron chi connectivity index (χ1n) is 12.1. The average Bonchev–Trinajstić information content (AvgIpc) is 3.06. The van der Waals surface area contributed by atoms with Crippen LogP contribution in [0.15, 0.2) is 36.4 Å². The van der Waals surface area contributed by atoms with E-state index in [2.05, 4.69) is 102 Å². The summed E-state index contributed by atoms with van der Waals surface area (Å²) in [6.45, 7) is 18.6. The topological polar surface area (TPSA) is 15.7 Å². The van der Waals surface area contributed by atoms with E-state index in [4.69, 9.17) is 4.74 Å². The van der Waals surface area contributed by atoms with Crippen LogP contribution in [-0.2, 0) is 10.8 Å². The van der Waals surface area contributed by atoms with Gasteiger partial charge in [0.05, 0.1) is 29.9 Å². The Morgan fingerprint density at radius 2 is 1.06 bits per heavy atom. The smallest absolute Gasteiger partial charge is 0.123 e. The van der Waals surface area contributed by atoms with Crippen molar-refractivity contribution in [3.05, 3.63) is 75.3 Å². The molecule has 0 bridgehead atoms. The zero-order valence-corrected chi connectivity index (χ0v) is 21.3. The van der Waals surface area contributed by atoms with Crippen LogP contribution in [0, 0.1) is 20.8 Å². The van der Waals surface area contributed by atoms with Crippen LogP contribution in [0.25, 0.3) is 0 Å². The highest BCUT2D eigenvalue weighted by atomic mass is 16.5. The highest BCUT2D eigenvalue weighted by molar-refractivity contribution is 6.00. The van der Waals surface area contributed by atoms with Gasteiger partial charge in [0.2, 0.25) is 0 Å². The molecule has 0 N–H and O–H groups in total. The lowest BCUT2D eigenvalue weighted by molar-refractivity contribution is 0.411. The molecular formula is C30H34N2O. The summed E-state index contributed by atoms with van der Waals surface area (Å²) in [6, 6.07) is 13.9. The van der Waals surface area contributed by atoms with Gasteiger partial charge in [-0.2, -0.15) is 0 Å². The van der Waals surface area contributed by atoms with Crippen molar-refractivity contribution in [3.8, 4) is 5.75 Å². The number of hydrogen-bond donors (Lipinski definition) is 0. The SMILES string of the molecule is COc1ccc2c(c1C)N1c3c(ccc4c3N(c3c(ccc(C)c3C)C4(C)C)[C@@H]1C)C2(C)C. The van der Waals surface area contributed by atoms with E-state index in [1.165, 1.54) is 61.7 Å². The lowest BCUT2D eigenvalue weighted by Gasteiger charge is -2.42. The van der Waals surface area contributed by atoms with Gasteiger partial charge in [-0.15, -0.1) is 0 Å². The van der Waals surface area contributed by atoms with Gasteiger partial charge in [0.25, 0.3) is 0 Å². The first kappa shape index (κ1) is 20.7. The molecule has 3 aliphatic heterocycles. The van der Waals surface area contributed by atoms with Crippen molar-refractivity contribution < 1.29 is 4.74 Å². The molecule has 33 heavy (non-hydrogen) atoms. The van der Waals surface area contributed by atoms with E-state index in [-0.39, 0.29) is 17.0 Å². The van der Waals surface area contributed by atoms with Crippen molar-refractivity contribution in [3.63, 3.8) is 0 Å². The zero-order valence-electron chi connectivity index (χ0n) is 21.3. The molecule has 0 aromatic heterocycles. The number of benzene rings is 3. The molecule has 0 aliphatic carbocycles. The molecule has 3 heterocycles. The van der Waals surface area contributed by atoms with Gasteiger partial charge in [0.1, 0.15) is 11.9 Å². The maximum absolute atomic E-state index is 5.79. The average molecular weight is 439 g/mol. The number of hydrogen-bond acceptors (Lipinski definition) is 3. The van der Waals surface area contributed by atoms with Gasteiger partial charge in [-0.25, -0.2) is 0 Å². The van der Waals surface area contributed by atoms with Crippen molar-refractivity contribution in [2.45, 2.75) is 72.4 Å². The molecule has 1 atom stereocenters. The third-order valence-electron chi connectivity index (χ3n) is 8.86. The van der Waals surface area contributed by atoms with Gasteiger partial charge in [0, 0.05) is 16.4 Å². The number of ether oxygens (including phenoxy) is 1. The van der Waals surface area contributed by atoms with Gasteiger partial charge in [-0.1, -0.05) is 58.0 Å². The van der Waals surface area contributed by atoms with Gasteiger partial charge in [-0.3, -0.25) is 0 Å². The van der Waals surface area contributed by atoms with E-state index < -0.39 is 0 Å². The molecular weight excluding hydrogens is 404 g/mol. The third-order valence-corrected chi connectivity index (χ3v) is 8.86. The summed E-state index contributed by atoms with van der Waals surface area (Å²) in [7, 11) is 1.78. The van der Waals surface area contributed by atoms with Crippen LogP contribution < -0.4 is 14.5 Å². The second-order valence-electron chi connectivity index (χ2n) is 11.2. The van der Waals surface area contributed by atoms with Crippen LogP contribution in [0.4, 0.5) is 22.7 Å². The van der Waals surface area contributed by atoms with Crippen LogP contribution in [0.2, 0.25) is 0 Å². The largest absolute Gasteiger partial charge is 0.496 e. The summed E-state index contributed by atoms with van der Waals surface area (Å²) in [5.41, 5.74) is 14.9. The molecule has 6 rings (SSSR count). The van der Waals surface area contributed by atoms with Gasteiger partial charge < -0.3 is 14.5 Å². The number of aryl methyl sites for hydroxylation is 1. The third kappa shape index (κ3) is 2.21. The Morgan fingerprint density at radius 3 is 1.58 bits per heavy atom. The summed E-state index contributed by atoms with van der Waals surface area (Å²) < 4.78 is 5.79. The molecule has 3 aliphatic rings. The molecule has 0 spiro atoms. The predicted octanol–water partition coefficient (Wildman–Crippen LogP) is 7.53. The second-order valence-corrected chi connectivity index (χ2v) is 11.2. The van der Waals surface area contributed by atoms with Crippen molar-refractivity contribution >= 4 is 22.7 Å². The molecule has 3 aromatic carbocycles. The first-order valence-corrected chi connectivity index (χ1v) is 12.1. The summed E-state index contributed by atoms with van der Waals surface area (Å²) in [5.74, 6) is 0.957. The Labute approximate surface area is 198 Å². The van der Waals surface area contributed by atoms with E-state index >= 15 is 0 Å². The number of anilines is 4. The molecule has 0 radical (unpaired) electrons. The minimum absolute atomic E-state index is 0.0573. The summed E-state index contributed by atoms with van der Waals surface area (Å²) in [4.78, 5) is 5.22. The molecule has 0 amide bonds. The number of methoxy groups -OCH3 is 1. The fraction of sp³-hybridized carbons (Fsp3) is 0.400. The zero-order chi connectivity index (χ0) is 23.6. The van der Waals surface area contributed by atoms with Crippen LogP contribution in [-0.4, -0.2) is 13.3 Å². The fourth-order valence-electron chi connectivity index (χ4n) is 6.79. The fourth-order valence-corrected chi connectivity index (χ4v) is 6.79. The van der Waals surface area contributed by atoms with E-state index in [1.54, 1.807) is 7.11 Å². The van der Waals surface area contributed by atoms with E-state index in [1.807, 2.05) is 0 Å². The molecule has 3 heteroatoms. The lowest BCUT2D eigenvalue weighted by Crippen LogP contribution is -2.42. The number of fused-ring (bicyclic) bond motifs is 4. The number of nitrogens with zero attached hydrogens (tertiary/aromatic N) is 2. The maximum atomic E-state index is 5.79.